The van der Waals surface area contributed by atoms with Crippen molar-refractivity contribution < 1.29 is 23.7 Å². The highest BCUT2D eigenvalue weighted by Crippen LogP contribution is 2.39. The zero-order valence-electron chi connectivity index (χ0n) is 19.9. The summed E-state index contributed by atoms with van der Waals surface area (Å²) in [6.07, 6.45) is 0. The third-order valence-electron chi connectivity index (χ3n) is 4.81. The molecule has 8 heteroatoms. The Labute approximate surface area is 190 Å². The minimum absolute atomic E-state index is 0.495. The fourth-order valence-electron chi connectivity index (χ4n) is 3.18. The molecule has 0 bridgehead atoms. The number of methoxy groups -OCH3 is 3. The van der Waals surface area contributed by atoms with Crippen molar-refractivity contribution in [2.75, 3.05) is 48.2 Å². The maximum absolute atomic E-state index is 5.93. The molecule has 0 aromatic heterocycles. The summed E-state index contributed by atoms with van der Waals surface area (Å²) < 4.78 is 27.7. The average molecular weight is 446 g/mol. The lowest BCUT2D eigenvalue weighted by Gasteiger charge is -2.18. The minimum Gasteiger partial charge on any atom is -0.493 e. The fourth-order valence-corrected chi connectivity index (χ4v) is 3.18. The van der Waals surface area contributed by atoms with Gasteiger partial charge in [0.05, 0.1) is 27.9 Å². The van der Waals surface area contributed by atoms with E-state index in [2.05, 4.69) is 27.8 Å². The Bertz CT molecular complexity index is 886. The molecular formula is C24H35N3O5. The van der Waals surface area contributed by atoms with Crippen molar-refractivity contribution in [2.45, 2.75) is 26.9 Å². The van der Waals surface area contributed by atoms with Crippen LogP contribution in [-0.4, -0.2) is 54.2 Å². The molecule has 32 heavy (non-hydrogen) atoms. The van der Waals surface area contributed by atoms with Crippen LogP contribution in [0.15, 0.2) is 35.3 Å². The molecular weight excluding hydrogens is 410 g/mol. The van der Waals surface area contributed by atoms with Gasteiger partial charge in [-0.3, -0.25) is 4.99 Å². The van der Waals surface area contributed by atoms with E-state index in [9.17, 15) is 0 Å². The van der Waals surface area contributed by atoms with Crippen LogP contribution >= 0.6 is 0 Å². The summed E-state index contributed by atoms with van der Waals surface area (Å²) in [5, 5.41) is 6.65. The van der Waals surface area contributed by atoms with Crippen molar-refractivity contribution in [3.63, 3.8) is 0 Å². The molecule has 0 unspecified atom stereocenters. The zero-order chi connectivity index (χ0) is 23.3. The number of hydrogen-bond donors (Lipinski definition) is 2. The van der Waals surface area contributed by atoms with Crippen LogP contribution in [0.1, 0.15) is 23.6 Å². The smallest absolute Gasteiger partial charge is 0.203 e. The fraction of sp³-hybridized carbons (Fsp3) is 0.458. The van der Waals surface area contributed by atoms with Gasteiger partial charge in [-0.15, -0.1) is 0 Å². The molecule has 0 heterocycles. The molecule has 0 saturated carbocycles. The van der Waals surface area contributed by atoms with E-state index in [1.807, 2.05) is 32.0 Å². The van der Waals surface area contributed by atoms with Crippen LogP contribution in [-0.2, 0) is 17.8 Å². The Kier molecular flexibility index (Phi) is 10.5. The SMILES string of the molecule is CCOCCOc1cc(C)ccc1CNC(=NC)NCc1ccc(OC)c(OC)c1OC. The molecule has 0 aliphatic carbocycles. The van der Waals surface area contributed by atoms with Crippen molar-refractivity contribution in [3.05, 3.63) is 47.0 Å². The van der Waals surface area contributed by atoms with Gasteiger partial charge < -0.3 is 34.3 Å². The van der Waals surface area contributed by atoms with Gasteiger partial charge in [0, 0.05) is 37.9 Å². The van der Waals surface area contributed by atoms with Gasteiger partial charge in [0.2, 0.25) is 5.75 Å². The number of nitrogens with one attached hydrogen (secondary N) is 2. The van der Waals surface area contributed by atoms with Crippen LogP contribution in [0.5, 0.6) is 23.0 Å². The summed E-state index contributed by atoms with van der Waals surface area (Å²) in [4.78, 5) is 4.32. The summed E-state index contributed by atoms with van der Waals surface area (Å²) in [5.41, 5.74) is 3.10. The van der Waals surface area contributed by atoms with E-state index in [0.717, 1.165) is 22.4 Å². The first-order chi connectivity index (χ1) is 15.6. The van der Waals surface area contributed by atoms with Crippen LogP contribution < -0.4 is 29.6 Å². The maximum Gasteiger partial charge on any atom is 0.203 e. The largest absolute Gasteiger partial charge is 0.493 e. The molecule has 0 aliphatic heterocycles. The Morgan fingerprint density at radius 2 is 1.53 bits per heavy atom. The summed E-state index contributed by atoms with van der Waals surface area (Å²) in [6.45, 7) is 6.83. The first kappa shape index (κ1) is 25.1. The van der Waals surface area contributed by atoms with Gasteiger partial charge in [-0.05, 0) is 37.6 Å². The molecule has 0 spiro atoms. The Hall–Kier alpha value is -3.13. The highest BCUT2D eigenvalue weighted by Gasteiger charge is 2.16. The van der Waals surface area contributed by atoms with Gasteiger partial charge in [-0.25, -0.2) is 0 Å². The number of guanidine groups is 1. The van der Waals surface area contributed by atoms with Crippen molar-refractivity contribution in [1.29, 1.82) is 0 Å². The lowest BCUT2D eigenvalue weighted by Crippen LogP contribution is -2.36. The lowest BCUT2D eigenvalue weighted by atomic mass is 10.1. The first-order valence-electron chi connectivity index (χ1n) is 10.6. The number of aliphatic imine (C=N–C) groups is 1. The lowest BCUT2D eigenvalue weighted by molar-refractivity contribution is 0.110. The second kappa shape index (κ2) is 13.3. The summed E-state index contributed by atoms with van der Waals surface area (Å²) in [7, 11) is 6.53. The molecule has 0 aliphatic rings. The molecule has 2 rings (SSSR count). The molecule has 0 amide bonds. The molecule has 0 atom stereocenters. The van der Waals surface area contributed by atoms with Gasteiger partial charge in [-0.2, -0.15) is 0 Å². The summed E-state index contributed by atoms with van der Waals surface area (Å²) in [5.74, 6) is 3.30. The number of aryl methyl sites for hydroxylation is 1. The van der Waals surface area contributed by atoms with Crippen molar-refractivity contribution in [2.24, 2.45) is 4.99 Å². The van der Waals surface area contributed by atoms with Gasteiger partial charge in [0.1, 0.15) is 12.4 Å². The highest BCUT2D eigenvalue weighted by molar-refractivity contribution is 5.79. The monoisotopic (exact) mass is 445 g/mol. The Balaban J connectivity index is 2.03. The highest BCUT2D eigenvalue weighted by atomic mass is 16.5. The van der Waals surface area contributed by atoms with E-state index in [0.29, 0.717) is 56.1 Å². The van der Waals surface area contributed by atoms with E-state index in [-0.39, 0.29) is 0 Å². The first-order valence-corrected chi connectivity index (χ1v) is 10.6. The average Bonchev–Trinajstić information content (AvgIpc) is 2.82. The number of ether oxygens (including phenoxy) is 5. The Morgan fingerprint density at radius 1 is 0.844 bits per heavy atom. The van der Waals surface area contributed by atoms with Crippen LogP contribution in [0.4, 0.5) is 0 Å². The predicted octanol–water partition coefficient (Wildman–Crippen LogP) is 3.30. The standard InChI is InChI=1S/C24H35N3O5/c1-7-31-12-13-32-21-14-17(2)8-9-18(21)15-26-24(25-3)27-16-19-10-11-20(28-4)23(30-6)22(19)29-5/h8-11,14H,7,12-13,15-16H2,1-6H3,(H2,25,26,27). The van der Waals surface area contributed by atoms with Crippen molar-refractivity contribution >= 4 is 5.96 Å². The number of rotatable bonds is 12. The number of benzene rings is 2. The maximum atomic E-state index is 5.93. The van der Waals surface area contributed by atoms with E-state index in [1.165, 1.54) is 0 Å². The van der Waals surface area contributed by atoms with Crippen molar-refractivity contribution in [3.8, 4) is 23.0 Å². The van der Waals surface area contributed by atoms with Gasteiger partial charge in [0.25, 0.3) is 0 Å². The molecule has 0 fully saturated rings. The molecule has 2 aromatic rings. The summed E-state index contributed by atoms with van der Waals surface area (Å²) in [6, 6.07) is 9.95. The summed E-state index contributed by atoms with van der Waals surface area (Å²) >= 11 is 0. The van der Waals surface area contributed by atoms with E-state index >= 15 is 0 Å². The normalized spacial score (nSPS) is 11.1. The molecule has 0 radical (unpaired) electrons. The van der Waals surface area contributed by atoms with Crippen LogP contribution in [0.25, 0.3) is 0 Å². The second-order valence-corrected chi connectivity index (χ2v) is 6.93. The Morgan fingerprint density at radius 3 is 2.16 bits per heavy atom. The van der Waals surface area contributed by atoms with Crippen molar-refractivity contribution in [1.82, 2.24) is 10.6 Å². The molecule has 2 aromatic carbocycles. The topological polar surface area (TPSA) is 82.6 Å². The number of hydrogen-bond acceptors (Lipinski definition) is 6. The number of nitrogens with zero attached hydrogens (tertiary/aromatic N) is 1. The minimum atomic E-state index is 0.495. The molecule has 8 nitrogen and oxygen atoms in total. The molecule has 2 N–H and O–H groups in total. The van der Waals surface area contributed by atoms with E-state index in [4.69, 9.17) is 23.7 Å². The van der Waals surface area contributed by atoms with E-state index < -0.39 is 0 Å². The third-order valence-corrected chi connectivity index (χ3v) is 4.81. The van der Waals surface area contributed by atoms with Gasteiger partial charge in [0.15, 0.2) is 17.5 Å². The predicted molar refractivity (Wildman–Crippen MR) is 126 cm³/mol. The van der Waals surface area contributed by atoms with Crippen LogP contribution in [0.3, 0.4) is 0 Å². The molecule has 176 valence electrons. The quantitative estimate of drug-likeness (QED) is 0.295. The third kappa shape index (κ3) is 6.95. The molecule has 0 saturated heterocycles. The zero-order valence-corrected chi connectivity index (χ0v) is 19.9. The van der Waals surface area contributed by atoms with E-state index in [1.54, 1.807) is 28.4 Å². The van der Waals surface area contributed by atoms with Gasteiger partial charge >= 0.3 is 0 Å². The van der Waals surface area contributed by atoms with Crippen LogP contribution in [0, 0.1) is 6.92 Å². The van der Waals surface area contributed by atoms with Crippen LogP contribution in [0.2, 0.25) is 0 Å². The second-order valence-electron chi connectivity index (χ2n) is 6.93. The van der Waals surface area contributed by atoms with Gasteiger partial charge in [-0.1, -0.05) is 12.1 Å².